The van der Waals surface area contributed by atoms with Crippen LogP contribution in [0, 0.1) is 0 Å². The summed E-state index contributed by atoms with van der Waals surface area (Å²) in [4.78, 5) is 13.3. The number of sulfonamides is 1. The molecule has 3 aromatic rings. The van der Waals surface area contributed by atoms with E-state index < -0.39 is 10.0 Å². The molecule has 4 rings (SSSR count). The van der Waals surface area contributed by atoms with Crippen molar-refractivity contribution < 1.29 is 13.2 Å². The number of halogens is 1. The third-order valence-electron chi connectivity index (χ3n) is 5.01. The smallest absolute Gasteiger partial charge is 0.243 e. The zero-order chi connectivity index (χ0) is 22.0. The third kappa shape index (κ3) is 4.73. The van der Waals surface area contributed by atoms with Crippen molar-refractivity contribution in [2.45, 2.75) is 36.4 Å². The van der Waals surface area contributed by atoms with Crippen molar-refractivity contribution in [2.75, 3.05) is 18.8 Å². The Bertz CT molecular complexity index is 1200. The average Bonchev–Trinajstić information content (AvgIpc) is 3.52. The van der Waals surface area contributed by atoms with Gasteiger partial charge in [-0.2, -0.15) is 4.31 Å². The van der Waals surface area contributed by atoms with Gasteiger partial charge >= 0.3 is 0 Å². The molecule has 2 aromatic heterocycles. The van der Waals surface area contributed by atoms with Gasteiger partial charge in [-0.3, -0.25) is 4.79 Å². The third-order valence-corrected chi connectivity index (χ3v) is 9.14. The molecule has 1 saturated heterocycles. The number of hydrogen-bond donors (Lipinski definition) is 0. The summed E-state index contributed by atoms with van der Waals surface area (Å²) >= 11 is 8.48. The van der Waals surface area contributed by atoms with Gasteiger partial charge in [-0.25, -0.2) is 8.42 Å². The number of nitrogens with zero attached hydrogens (tertiary/aromatic N) is 4. The lowest BCUT2D eigenvalue weighted by molar-refractivity contribution is 0.102. The molecule has 0 aliphatic carbocycles. The lowest BCUT2D eigenvalue weighted by Gasteiger charge is -2.16. The molecule has 0 amide bonds. The van der Waals surface area contributed by atoms with Gasteiger partial charge in [0, 0.05) is 25.2 Å². The summed E-state index contributed by atoms with van der Waals surface area (Å²) in [6.07, 6.45) is 1.78. The predicted octanol–water partition coefficient (Wildman–Crippen LogP) is 4.44. The molecule has 31 heavy (non-hydrogen) atoms. The van der Waals surface area contributed by atoms with Gasteiger partial charge in [0.15, 0.2) is 16.8 Å². The monoisotopic (exact) mass is 496 g/mol. The van der Waals surface area contributed by atoms with Crippen LogP contribution in [0.4, 0.5) is 0 Å². The van der Waals surface area contributed by atoms with Crippen molar-refractivity contribution in [3.63, 3.8) is 0 Å². The number of hydrogen-bond acceptors (Lipinski definition) is 7. The zero-order valence-corrected chi connectivity index (χ0v) is 20.0. The van der Waals surface area contributed by atoms with Crippen LogP contribution in [0.5, 0.6) is 0 Å². The molecule has 0 N–H and O–H groups in total. The fourth-order valence-corrected chi connectivity index (χ4v) is 6.95. The highest BCUT2D eigenvalue weighted by molar-refractivity contribution is 7.99. The van der Waals surface area contributed by atoms with Gasteiger partial charge < -0.3 is 4.57 Å². The number of thiophene rings is 1. The minimum absolute atomic E-state index is 0.0205. The Morgan fingerprint density at radius 1 is 1.19 bits per heavy atom. The van der Waals surface area contributed by atoms with E-state index in [1.165, 1.54) is 27.4 Å². The van der Waals surface area contributed by atoms with Crippen LogP contribution in [0.3, 0.4) is 0 Å². The van der Waals surface area contributed by atoms with E-state index in [9.17, 15) is 13.2 Å². The van der Waals surface area contributed by atoms with Crippen molar-refractivity contribution in [2.24, 2.45) is 0 Å². The zero-order valence-electron chi connectivity index (χ0n) is 16.8. The summed E-state index contributed by atoms with van der Waals surface area (Å²) in [6.45, 7) is 3.67. The van der Waals surface area contributed by atoms with E-state index in [-0.39, 0.29) is 16.4 Å². The first-order valence-electron chi connectivity index (χ1n) is 9.85. The summed E-state index contributed by atoms with van der Waals surface area (Å²) in [5, 5.41) is 9.14. The van der Waals surface area contributed by atoms with Crippen molar-refractivity contribution in [3.05, 3.63) is 45.6 Å². The van der Waals surface area contributed by atoms with Crippen molar-refractivity contribution in [1.29, 1.82) is 0 Å². The van der Waals surface area contributed by atoms with Crippen LogP contribution in [0.1, 0.15) is 29.4 Å². The number of ketones is 1. The van der Waals surface area contributed by atoms with E-state index in [4.69, 9.17) is 11.6 Å². The van der Waals surface area contributed by atoms with Crippen molar-refractivity contribution in [1.82, 2.24) is 19.1 Å². The van der Waals surface area contributed by atoms with Crippen LogP contribution >= 0.6 is 34.7 Å². The standard InChI is InChI=1S/C20H21ClN4O3S3/c1-2-25-19(22-23-20(25)29-13-16(26)17-8-9-18(21)30-17)14-6-5-7-15(12-14)31(27,28)24-10-3-4-11-24/h5-9,12H,2-4,10-11,13H2,1H3. The molecule has 0 spiro atoms. The number of carbonyl (C=O) groups is 1. The topological polar surface area (TPSA) is 85.2 Å². The van der Waals surface area contributed by atoms with Crippen molar-refractivity contribution >= 4 is 50.5 Å². The van der Waals surface area contributed by atoms with E-state index in [0.717, 1.165) is 12.8 Å². The molecule has 1 fully saturated rings. The quantitative estimate of drug-likeness (QED) is 0.338. The van der Waals surface area contributed by atoms with Gasteiger partial charge in [-0.15, -0.1) is 21.5 Å². The number of thioether (sulfide) groups is 1. The van der Waals surface area contributed by atoms with E-state index in [1.807, 2.05) is 17.6 Å². The Hall–Kier alpha value is -1.72. The number of carbonyl (C=O) groups excluding carboxylic acids is 1. The first-order chi connectivity index (χ1) is 14.9. The highest BCUT2D eigenvalue weighted by atomic mass is 35.5. The van der Waals surface area contributed by atoms with E-state index in [2.05, 4.69) is 10.2 Å². The van der Waals surface area contributed by atoms with Gasteiger partial charge in [0.1, 0.15) is 0 Å². The van der Waals surface area contributed by atoms with Crippen molar-refractivity contribution in [3.8, 4) is 11.4 Å². The number of Topliss-reactive ketones (excluding diaryl/α,β-unsaturated/α-hetero) is 1. The normalized spacial score (nSPS) is 14.9. The summed E-state index contributed by atoms with van der Waals surface area (Å²) in [5.74, 6) is 0.779. The predicted molar refractivity (Wildman–Crippen MR) is 124 cm³/mol. The lowest BCUT2D eigenvalue weighted by Crippen LogP contribution is -2.27. The maximum Gasteiger partial charge on any atom is 0.243 e. The first kappa shape index (κ1) is 22.5. The minimum Gasteiger partial charge on any atom is -0.302 e. The Balaban J connectivity index is 1.56. The Morgan fingerprint density at radius 2 is 1.97 bits per heavy atom. The molecule has 1 aromatic carbocycles. The number of aromatic nitrogens is 3. The molecule has 3 heterocycles. The summed E-state index contributed by atoms with van der Waals surface area (Å²) < 4.78 is 29.8. The van der Waals surface area contributed by atoms with E-state index in [1.54, 1.807) is 30.3 Å². The molecule has 7 nitrogen and oxygen atoms in total. The number of rotatable bonds is 8. The second-order valence-corrected chi connectivity index (χ2v) is 11.6. The molecule has 11 heteroatoms. The van der Waals surface area contributed by atoms with Gasteiger partial charge in [0.2, 0.25) is 10.0 Å². The van der Waals surface area contributed by atoms with E-state index >= 15 is 0 Å². The fourth-order valence-electron chi connectivity index (χ4n) is 3.43. The molecular weight excluding hydrogens is 476 g/mol. The fraction of sp³-hybridized carbons (Fsp3) is 0.350. The first-order valence-corrected chi connectivity index (χ1v) is 13.5. The second-order valence-electron chi connectivity index (χ2n) is 7.01. The highest BCUT2D eigenvalue weighted by Crippen LogP contribution is 2.29. The largest absolute Gasteiger partial charge is 0.302 e. The molecule has 0 unspecified atom stereocenters. The van der Waals surface area contributed by atoms with Crippen LogP contribution in [0.25, 0.3) is 11.4 Å². The lowest BCUT2D eigenvalue weighted by atomic mass is 10.2. The molecule has 0 bridgehead atoms. The molecular formula is C20H21ClN4O3S3. The molecule has 164 valence electrons. The summed E-state index contributed by atoms with van der Waals surface area (Å²) in [7, 11) is -3.52. The van der Waals surface area contributed by atoms with E-state index in [0.29, 0.717) is 45.4 Å². The minimum atomic E-state index is -3.52. The van der Waals surface area contributed by atoms with Crippen LogP contribution in [-0.4, -0.2) is 52.1 Å². The average molecular weight is 497 g/mol. The Kier molecular flexibility index (Phi) is 6.83. The molecule has 0 saturated carbocycles. The van der Waals surface area contributed by atoms with Crippen LogP contribution in [-0.2, 0) is 16.6 Å². The summed E-state index contributed by atoms with van der Waals surface area (Å²) in [6, 6.07) is 10.2. The van der Waals surface area contributed by atoms with Gasteiger partial charge in [-0.1, -0.05) is 35.5 Å². The second kappa shape index (κ2) is 9.41. The van der Waals surface area contributed by atoms with Gasteiger partial charge in [-0.05, 0) is 44.0 Å². The molecule has 1 aliphatic rings. The maximum atomic E-state index is 12.9. The van der Waals surface area contributed by atoms with Crippen LogP contribution < -0.4 is 0 Å². The highest BCUT2D eigenvalue weighted by Gasteiger charge is 2.27. The van der Waals surface area contributed by atoms with Crippen LogP contribution in [0.15, 0.2) is 46.5 Å². The SMILES string of the molecule is CCn1c(SCC(=O)c2ccc(Cl)s2)nnc1-c1cccc(S(=O)(=O)N2CCCC2)c1. The Morgan fingerprint density at radius 3 is 2.65 bits per heavy atom. The summed E-state index contributed by atoms with van der Waals surface area (Å²) in [5.41, 5.74) is 0.679. The van der Waals surface area contributed by atoms with Crippen LogP contribution in [0.2, 0.25) is 4.34 Å². The Labute approximate surface area is 194 Å². The van der Waals surface area contributed by atoms with Gasteiger partial charge in [0.25, 0.3) is 0 Å². The van der Waals surface area contributed by atoms with Gasteiger partial charge in [0.05, 0.1) is 19.9 Å². The number of benzene rings is 1. The molecule has 0 radical (unpaired) electrons. The maximum absolute atomic E-state index is 12.9. The molecule has 1 aliphatic heterocycles. The molecule has 0 atom stereocenters.